The summed E-state index contributed by atoms with van der Waals surface area (Å²) in [6.07, 6.45) is 1.23. The van der Waals surface area contributed by atoms with Crippen LogP contribution in [0.4, 0.5) is 5.69 Å². The fourth-order valence-electron chi connectivity index (χ4n) is 3.31. The van der Waals surface area contributed by atoms with Crippen LogP contribution in [0.2, 0.25) is 0 Å². The van der Waals surface area contributed by atoms with Crippen LogP contribution >= 0.6 is 0 Å². The van der Waals surface area contributed by atoms with E-state index in [4.69, 9.17) is 4.74 Å². The van der Waals surface area contributed by atoms with Crippen molar-refractivity contribution in [3.63, 3.8) is 0 Å². The highest BCUT2D eigenvalue weighted by Gasteiger charge is 2.25. The summed E-state index contributed by atoms with van der Waals surface area (Å²) in [6.45, 7) is 3.20. The maximum atomic E-state index is 12.3. The highest BCUT2D eigenvalue weighted by atomic mass is 16.5. The third kappa shape index (κ3) is 4.23. The van der Waals surface area contributed by atoms with E-state index in [1.807, 2.05) is 36.4 Å². The molecule has 1 amide bonds. The molecule has 1 heterocycles. The van der Waals surface area contributed by atoms with Gasteiger partial charge in [-0.2, -0.15) is 0 Å². The number of para-hydroxylation sites is 2. The summed E-state index contributed by atoms with van der Waals surface area (Å²) in [6, 6.07) is 15.3. The number of hydrogen-bond acceptors (Lipinski definition) is 4. The molecule has 2 aromatic rings. The molecule has 1 aliphatic heterocycles. The Kier molecular flexibility index (Phi) is 5.56. The van der Waals surface area contributed by atoms with E-state index in [-0.39, 0.29) is 17.7 Å². The number of carbonyl (C=O) groups excluding carboxylic acids is 2. The van der Waals surface area contributed by atoms with Gasteiger partial charge in [0.2, 0.25) is 5.91 Å². The zero-order chi connectivity index (χ0) is 18.5. The summed E-state index contributed by atoms with van der Waals surface area (Å²) in [5.74, 6) is 0.890. The van der Waals surface area contributed by atoms with Gasteiger partial charge in [-0.1, -0.05) is 36.4 Å². The first-order chi connectivity index (χ1) is 12.6. The van der Waals surface area contributed by atoms with E-state index in [1.54, 1.807) is 19.2 Å². The number of nitrogens with zero attached hydrogens (tertiary/aromatic N) is 1. The smallest absolute Gasteiger partial charge is 0.224 e. The minimum absolute atomic E-state index is 0.00690. The third-order valence-corrected chi connectivity index (χ3v) is 4.70. The molecule has 136 valence electrons. The first-order valence-electron chi connectivity index (χ1n) is 8.84. The van der Waals surface area contributed by atoms with Crippen molar-refractivity contribution in [3.8, 4) is 5.75 Å². The molecule has 2 aromatic carbocycles. The number of amides is 1. The van der Waals surface area contributed by atoms with Crippen molar-refractivity contribution in [1.82, 2.24) is 5.32 Å². The molecule has 0 radical (unpaired) electrons. The van der Waals surface area contributed by atoms with Crippen molar-refractivity contribution in [1.29, 1.82) is 0 Å². The second kappa shape index (κ2) is 8.04. The Morgan fingerprint density at radius 1 is 1.15 bits per heavy atom. The number of Topliss-reactive ketones (excluding diaryl/α,β-unsaturated/α-hetero) is 1. The fraction of sp³-hybridized carbons (Fsp3) is 0.333. The van der Waals surface area contributed by atoms with Gasteiger partial charge in [0.15, 0.2) is 5.78 Å². The van der Waals surface area contributed by atoms with Crippen molar-refractivity contribution in [2.45, 2.75) is 25.8 Å². The van der Waals surface area contributed by atoms with Crippen LogP contribution in [0.5, 0.6) is 5.75 Å². The van der Waals surface area contributed by atoms with Crippen molar-refractivity contribution in [3.05, 3.63) is 59.7 Å². The maximum absolute atomic E-state index is 12.3. The molecule has 1 fully saturated rings. The van der Waals surface area contributed by atoms with Crippen LogP contribution in [0.25, 0.3) is 0 Å². The molecule has 1 unspecified atom stereocenters. The van der Waals surface area contributed by atoms with Crippen LogP contribution in [0.1, 0.15) is 29.3 Å². The first kappa shape index (κ1) is 18.0. The number of rotatable bonds is 6. The fourth-order valence-corrected chi connectivity index (χ4v) is 3.31. The second-order valence-electron chi connectivity index (χ2n) is 6.60. The summed E-state index contributed by atoms with van der Waals surface area (Å²) in [7, 11) is 1.67. The minimum atomic E-state index is 0.00690. The molecule has 0 aliphatic carbocycles. The van der Waals surface area contributed by atoms with Crippen molar-refractivity contribution < 1.29 is 14.3 Å². The quantitative estimate of drug-likeness (QED) is 0.812. The zero-order valence-corrected chi connectivity index (χ0v) is 15.2. The SMILES string of the molecule is COc1ccccc1N1CCC(NC(=O)Cc2ccc(C(C)=O)cc2)C1. The standard InChI is InChI=1S/C21H24N2O3/c1-15(24)17-9-7-16(8-10-17)13-21(25)22-18-11-12-23(14-18)19-5-3-4-6-20(19)26-2/h3-10,18H,11-14H2,1-2H3,(H,22,25). The molecular weight excluding hydrogens is 328 g/mol. The normalized spacial score (nSPS) is 16.4. The number of benzene rings is 2. The van der Waals surface area contributed by atoms with Gasteiger partial charge < -0.3 is 15.0 Å². The highest BCUT2D eigenvalue weighted by molar-refractivity contribution is 5.94. The lowest BCUT2D eigenvalue weighted by Crippen LogP contribution is -2.38. The average Bonchev–Trinajstić information content (AvgIpc) is 3.10. The molecule has 26 heavy (non-hydrogen) atoms. The molecule has 1 N–H and O–H groups in total. The van der Waals surface area contributed by atoms with Crippen molar-refractivity contribution in [2.24, 2.45) is 0 Å². The van der Waals surface area contributed by atoms with Crippen LogP contribution in [-0.4, -0.2) is 37.9 Å². The number of anilines is 1. The summed E-state index contributed by atoms with van der Waals surface area (Å²) in [4.78, 5) is 25.9. The minimum Gasteiger partial charge on any atom is -0.495 e. The van der Waals surface area contributed by atoms with Gasteiger partial charge in [-0.3, -0.25) is 9.59 Å². The number of ether oxygens (including phenoxy) is 1. The molecule has 0 aromatic heterocycles. The molecule has 5 nitrogen and oxygen atoms in total. The largest absolute Gasteiger partial charge is 0.495 e. The van der Waals surface area contributed by atoms with Crippen LogP contribution in [-0.2, 0) is 11.2 Å². The molecule has 0 saturated carbocycles. The second-order valence-corrected chi connectivity index (χ2v) is 6.60. The van der Waals surface area contributed by atoms with Gasteiger partial charge in [0.1, 0.15) is 5.75 Å². The maximum Gasteiger partial charge on any atom is 0.224 e. The van der Waals surface area contributed by atoms with E-state index >= 15 is 0 Å². The molecule has 1 aliphatic rings. The lowest BCUT2D eigenvalue weighted by Gasteiger charge is -2.21. The van der Waals surface area contributed by atoms with Crippen LogP contribution in [0.15, 0.2) is 48.5 Å². The van der Waals surface area contributed by atoms with E-state index in [9.17, 15) is 9.59 Å². The van der Waals surface area contributed by atoms with E-state index in [0.717, 1.165) is 36.5 Å². The van der Waals surface area contributed by atoms with Crippen molar-refractivity contribution in [2.75, 3.05) is 25.1 Å². The van der Waals surface area contributed by atoms with Crippen molar-refractivity contribution >= 4 is 17.4 Å². The van der Waals surface area contributed by atoms with Crippen LogP contribution in [0.3, 0.4) is 0 Å². The Hall–Kier alpha value is -2.82. The Morgan fingerprint density at radius 3 is 2.58 bits per heavy atom. The monoisotopic (exact) mass is 352 g/mol. The molecule has 0 bridgehead atoms. The van der Waals surface area contributed by atoms with Gasteiger partial charge >= 0.3 is 0 Å². The van der Waals surface area contributed by atoms with Gasteiger partial charge in [-0.05, 0) is 31.0 Å². The van der Waals surface area contributed by atoms with Gasteiger partial charge in [0, 0.05) is 24.7 Å². The average molecular weight is 352 g/mol. The summed E-state index contributed by atoms with van der Waals surface area (Å²) >= 11 is 0. The Morgan fingerprint density at radius 2 is 1.88 bits per heavy atom. The van der Waals surface area contributed by atoms with E-state index in [2.05, 4.69) is 10.2 Å². The topological polar surface area (TPSA) is 58.6 Å². The van der Waals surface area contributed by atoms with Gasteiger partial charge in [-0.15, -0.1) is 0 Å². The number of carbonyl (C=O) groups is 2. The first-order valence-corrected chi connectivity index (χ1v) is 8.84. The summed E-state index contributed by atoms with van der Waals surface area (Å²) in [5, 5.41) is 3.11. The third-order valence-electron chi connectivity index (χ3n) is 4.70. The predicted octanol–water partition coefficient (Wildman–Crippen LogP) is 2.84. The van der Waals surface area contributed by atoms with E-state index < -0.39 is 0 Å². The van der Waals surface area contributed by atoms with Crippen LogP contribution in [0, 0.1) is 0 Å². The Bertz CT molecular complexity index is 786. The number of methoxy groups -OCH3 is 1. The van der Waals surface area contributed by atoms with E-state index in [1.165, 1.54) is 6.92 Å². The summed E-state index contributed by atoms with van der Waals surface area (Å²) in [5.41, 5.74) is 2.64. The lowest BCUT2D eigenvalue weighted by atomic mass is 10.1. The highest BCUT2D eigenvalue weighted by Crippen LogP contribution is 2.30. The molecule has 5 heteroatoms. The van der Waals surface area contributed by atoms with Gasteiger partial charge in [-0.25, -0.2) is 0 Å². The number of nitrogens with one attached hydrogen (secondary N) is 1. The Balaban J connectivity index is 1.55. The predicted molar refractivity (Wildman–Crippen MR) is 102 cm³/mol. The molecular formula is C21H24N2O3. The van der Waals surface area contributed by atoms with Gasteiger partial charge in [0.25, 0.3) is 0 Å². The van der Waals surface area contributed by atoms with Gasteiger partial charge in [0.05, 0.1) is 19.2 Å². The van der Waals surface area contributed by atoms with E-state index in [0.29, 0.717) is 12.0 Å². The molecule has 1 saturated heterocycles. The number of hydrogen-bond donors (Lipinski definition) is 1. The zero-order valence-electron chi connectivity index (χ0n) is 15.2. The lowest BCUT2D eigenvalue weighted by molar-refractivity contribution is -0.121. The number of ketones is 1. The summed E-state index contributed by atoms with van der Waals surface area (Å²) < 4.78 is 5.43. The van der Waals surface area contributed by atoms with Crippen LogP contribution < -0.4 is 15.0 Å². The molecule has 0 spiro atoms. The molecule has 3 rings (SSSR count). The Labute approximate surface area is 154 Å². The molecule has 1 atom stereocenters.